The van der Waals surface area contributed by atoms with Gasteiger partial charge in [-0.2, -0.15) is 5.10 Å². The molecular weight excluding hydrogens is 448 g/mol. The monoisotopic (exact) mass is 478 g/mol. The Labute approximate surface area is 202 Å². The van der Waals surface area contributed by atoms with E-state index in [2.05, 4.69) is 46.9 Å². The van der Waals surface area contributed by atoms with Crippen molar-refractivity contribution in [1.82, 2.24) is 24.5 Å². The Morgan fingerprint density at radius 3 is 2.88 bits per heavy atom. The van der Waals surface area contributed by atoms with Crippen LogP contribution in [-0.4, -0.2) is 56.6 Å². The molecule has 0 unspecified atom stereocenters. The highest BCUT2D eigenvalue weighted by Gasteiger charge is 2.30. The van der Waals surface area contributed by atoms with Gasteiger partial charge in [-0.25, -0.2) is 9.50 Å². The molecule has 9 heteroatoms. The van der Waals surface area contributed by atoms with Crippen molar-refractivity contribution in [3.8, 4) is 17.0 Å². The SMILES string of the molecule is Cc1c(C2CCN(CC(N)=O)CC2)sc2[nH]c(-c3cn4ncnc4c4c3CCO4)c(C(C)C)c12. The third-order valence-corrected chi connectivity index (χ3v) is 8.74. The van der Waals surface area contributed by atoms with Crippen molar-refractivity contribution < 1.29 is 9.53 Å². The number of piperidine rings is 1. The third-order valence-electron chi connectivity index (χ3n) is 7.37. The van der Waals surface area contributed by atoms with Gasteiger partial charge in [-0.3, -0.25) is 9.69 Å². The molecule has 0 aliphatic carbocycles. The van der Waals surface area contributed by atoms with Gasteiger partial charge >= 0.3 is 0 Å². The number of nitrogens with one attached hydrogen (secondary N) is 1. The van der Waals surface area contributed by atoms with Crippen molar-refractivity contribution in [1.29, 1.82) is 0 Å². The second-order valence-electron chi connectivity index (χ2n) is 9.86. The van der Waals surface area contributed by atoms with E-state index < -0.39 is 0 Å². The van der Waals surface area contributed by atoms with Crippen LogP contribution in [0.3, 0.4) is 0 Å². The predicted octanol–water partition coefficient (Wildman–Crippen LogP) is 3.97. The number of carbonyl (C=O) groups is 1. The number of hydrogen-bond donors (Lipinski definition) is 2. The van der Waals surface area contributed by atoms with E-state index in [1.54, 1.807) is 6.33 Å². The van der Waals surface area contributed by atoms with Gasteiger partial charge in [-0.05, 0) is 55.8 Å². The number of aromatic nitrogens is 4. The van der Waals surface area contributed by atoms with Gasteiger partial charge in [0.2, 0.25) is 5.91 Å². The van der Waals surface area contributed by atoms with E-state index in [-0.39, 0.29) is 5.91 Å². The minimum Gasteiger partial charge on any atom is -0.489 e. The lowest BCUT2D eigenvalue weighted by atomic mass is 9.90. The van der Waals surface area contributed by atoms with Crippen LogP contribution in [0.15, 0.2) is 12.5 Å². The summed E-state index contributed by atoms with van der Waals surface area (Å²) in [5.74, 6) is 1.52. The average molecular weight is 479 g/mol. The van der Waals surface area contributed by atoms with Crippen molar-refractivity contribution >= 4 is 33.1 Å². The molecule has 4 aromatic rings. The van der Waals surface area contributed by atoms with Gasteiger partial charge in [0.25, 0.3) is 0 Å². The predicted molar refractivity (Wildman–Crippen MR) is 134 cm³/mol. The molecule has 0 radical (unpaired) electrons. The number of thiophene rings is 1. The van der Waals surface area contributed by atoms with Crippen molar-refractivity contribution in [3.05, 3.63) is 34.1 Å². The molecule has 0 atom stereocenters. The van der Waals surface area contributed by atoms with Crippen LogP contribution in [0.1, 0.15) is 60.1 Å². The Balaban J connectivity index is 1.43. The molecule has 2 aliphatic heterocycles. The molecule has 0 aromatic carbocycles. The number of primary amides is 1. The molecule has 0 bridgehead atoms. The van der Waals surface area contributed by atoms with Crippen molar-refractivity contribution in [3.63, 3.8) is 0 Å². The molecule has 0 saturated carbocycles. The van der Waals surface area contributed by atoms with Gasteiger partial charge in [-0.15, -0.1) is 11.3 Å². The number of amides is 1. The Morgan fingerprint density at radius 2 is 2.15 bits per heavy atom. The molecule has 1 saturated heterocycles. The standard InChI is InChI=1S/C25H30N6O2S/c1-13(2)19-20-14(3)23(15-4-7-30(8-5-15)11-18(26)32)34-25(20)29-21(19)17-10-31-24(27-12-28-31)22-16(17)6-9-33-22/h10,12-13,15,29H,4-9,11H2,1-3H3,(H2,26,32). The van der Waals surface area contributed by atoms with Gasteiger partial charge in [0.1, 0.15) is 11.2 Å². The van der Waals surface area contributed by atoms with Crippen LogP contribution in [0.4, 0.5) is 0 Å². The Morgan fingerprint density at radius 1 is 1.35 bits per heavy atom. The van der Waals surface area contributed by atoms with Gasteiger partial charge in [0.15, 0.2) is 11.4 Å². The fraction of sp³-hybridized carbons (Fsp3) is 0.480. The number of H-pyrrole nitrogens is 1. The Hall–Kier alpha value is -2.91. The fourth-order valence-corrected chi connectivity index (χ4v) is 7.23. The van der Waals surface area contributed by atoms with E-state index in [0.29, 0.717) is 25.0 Å². The Bertz CT molecular complexity index is 1410. The normalized spacial score (nSPS) is 17.2. The van der Waals surface area contributed by atoms with Gasteiger partial charge in [-0.1, -0.05) is 13.8 Å². The highest BCUT2D eigenvalue weighted by Crippen LogP contribution is 2.47. The molecule has 0 spiro atoms. The molecule has 1 amide bonds. The second kappa shape index (κ2) is 8.09. The summed E-state index contributed by atoms with van der Waals surface area (Å²) in [6.45, 7) is 9.71. The molecule has 2 aliphatic rings. The number of hydrogen-bond acceptors (Lipinski definition) is 6. The maximum Gasteiger partial charge on any atom is 0.231 e. The topological polar surface area (TPSA) is 102 Å². The zero-order chi connectivity index (χ0) is 23.6. The number of aromatic amines is 1. The lowest BCUT2D eigenvalue weighted by molar-refractivity contribution is -0.119. The van der Waals surface area contributed by atoms with Crippen LogP contribution in [0, 0.1) is 6.92 Å². The second-order valence-corrected chi connectivity index (χ2v) is 10.9. The number of carbonyl (C=O) groups excluding carboxylic acids is 1. The highest BCUT2D eigenvalue weighted by atomic mass is 32.1. The summed E-state index contributed by atoms with van der Waals surface area (Å²) in [4.78, 5) is 24.4. The van der Waals surface area contributed by atoms with Crippen LogP contribution >= 0.6 is 11.3 Å². The van der Waals surface area contributed by atoms with Gasteiger partial charge < -0.3 is 15.5 Å². The number of fused-ring (bicyclic) bond motifs is 4. The first-order chi connectivity index (χ1) is 16.4. The summed E-state index contributed by atoms with van der Waals surface area (Å²) in [6.07, 6.45) is 6.70. The number of ether oxygens (including phenoxy) is 1. The van der Waals surface area contributed by atoms with Crippen LogP contribution < -0.4 is 10.5 Å². The minimum atomic E-state index is -0.242. The molecule has 8 nitrogen and oxygen atoms in total. The highest BCUT2D eigenvalue weighted by molar-refractivity contribution is 7.19. The number of pyridine rings is 1. The van der Waals surface area contributed by atoms with Crippen LogP contribution in [0.2, 0.25) is 0 Å². The van der Waals surface area contributed by atoms with Crippen LogP contribution in [0.25, 0.3) is 27.1 Å². The summed E-state index contributed by atoms with van der Waals surface area (Å²) in [7, 11) is 0. The molecule has 178 valence electrons. The van der Waals surface area contributed by atoms with E-state index in [0.717, 1.165) is 43.7 Å². The van der Waals surface area contributed by atoms with Gasteiger partial charge in [0, 0.05) is 34.0 Å². The van der Waals surface area contributed by atoms with E-state index >= 15 is 0 Å². The molecular formula is C25H30N6O2S. The van der Waals surface area contributed by atoms with E-state index in [1.807, 2.05) is 15.9 Å². The fourth-order valence-electron chi connectivity index (χ4n) is 5.84. The lowest BCUT2D eigenvalue weighted by Crippen LogP contribution is -2.39. The number of aryl methyl sites for hydroxylation is 1. The van der Waals surface area contributed by atoms with E-state index in [4.69, 9.17) is 10.5 Å². The van der Waals surface area contributed by atoms with Gasteiger partial charge in [0.05, 0.1) is 18.8 Å². The maximum atomic E-state index is 11.3. The molecule has 34 heavy (non-hydrogen) atoms. The summed E-state index contributed by atoms with van der Waals surface area (Å²) in [5, 5.41) is 5.77. The van der Waals surface area contributed by atoms with E-state index in [1.165, 1.54) is 43.0 Å². The van der Waals surface area contributed by atoms with Crippen molar-refractivity contribution in [2.45, 2.75) is 51.9 Å². The lowest BCUT2D eigenvalue weighted by Gasteiger charge is -2.31. The van der Waals surface area contributed by atoms with E-state index in [9.17, 15) is 4.79 Å². The summed E-state index contributed by atoms with van der Waals surface area (Å²) < 4.78 is 7.81. The summed E-state index contributed by atoms with van der Waals surface area (Å²) >= 11 is 1.90. The molecule has 4 aromatic heterocycles. The smallest absolute Gasteiger partial charge is 0.231 e. The quantitative estimate of drug-likeness (QED) is 0.452. The first-order valence-electron chi connectivity index (χ1n) is 12.1. The number of rotatable bonds is 5. The minimum absolute atomic E-state index is 0.242. The molecule has 6 heterocycles. The third kappa shape index (κ3) is 3.32. The first kappa shape index (κ1) is 21.6. The van der Waals surface area contributed by atoms with Crippen molar-refractivity contribution in [2.75, 3.05) is 26.2 Å². The number of likely N-dealkylation sites (tertiary alicyclic amines) is 1. The zero-order valence-corrected chi connectivity index (χ0v) is 20.7. The summed E-state index contributed by atoms with van der Waals surface area (Å²) in [5.41, 5.74) is 12.5. The summed E-state index contributed by atoms with van der Waals surface area (Å²) in [6, 6.07) is 0. The molecule has 6 rings (SSSR count). The van der Waals surface area contributed by atoms with Crippen LogP contribution in [0.5, 0.6) is 5.75 Å². The largest absolute Gasteiger partial charge is 0.489 e. The average Bonchev–Trinajstić information content (AvgIpc) is 3.57. The van der Waals surface area contributed by atoms with Crippen LogP contribution in [-0.2, 0) is 11.2 Å². The molecule has 1 fully saturated rings. The number of nitrogens with zero attached hydrogens (tertiary/aromatic N) is 4. The Kier molecular flexibility index (Phi) is 5.14. The maximum absolute atomic E-state index is 11.3. The zero-order valence-electron chi connectivity index (χ0n) is 19.9. The van der Waals surface area contributed by atoms with Crippen molar-refractivity contribution in [2.24, 2.45) is 5.73 Å². The molecule has 3 N–H and O–H groups in total. The number of nitrogens with two attached hydrogens (primary N) is 1. The first-order valence-corrected chi connectivity index (χ1v) is 12.9.